The van der Waals surface area contributed by atoms with Gasteiger partial charge < -0.3 is 5.11 Å². The summed E-state index contributed by atoms with van der Waals surface area (Å²) < 4.78 is 3.64. The molecule has 0 radical (unpaired) electrons. The highest BCUT2D eigenvalue weighted by atomic mass is 32.1. The lowest BCUT2D eigenvalue weighted by Crippen LogP contribution is -2.07. The summed E-state index contributed by atoms with van der Waals surface area (Å²) in [4.78, 5) is 18.4. The normalized spacial score (nSPS) is 11.3. The van der Waals surface area contributed by atoms with Gasteiger partial charge in [-0.1, -0.05) is 0 Å². The first kappa shape index (κ1) is 15.5. The van der Waals surface area contributed by atoms with Crippen LogP contribution in [0.4, 0.5) is 0 Å². The van der Waals surface area contributed by atoms with Gasteiger partial charge in [0.1, 0.15) is 11.6 Å². The van der Waals surface area contributed by atoms with Gasteiger partial charge in [-0.2, -0.15) is 0 Å². The Kier molecular flexibility index (Phi) is 3.43. The van der Waals surface area contributed by atoms with Gasteiger partial charge in [-0.3, -0.25) is 8.97 Å². The van der Waals surface area contributed by atoms with E-state index in [0.717, 1.165) is 10.6 Å². The number of carboxylic acids is 1. The number of nitrogens with zero attached hydrogens (tertiary/aromatic N) is 5. The lowest BCUT2D eigenvalue weighted by atomic mass is 10.2. The Bertz CT molecular complexity index is 1100. The number of aromatic carboxylic acids is 1. The van der Waals surface area contributed by atoms with Crippen LogP contribution in [0.5, 0.6) is 0 Å². The van der Waals surface area contributed by atoms with Crippen LogP contribution in [0, 0.1) is 20.8 Å². The van der Waals surface area contributed by atoms with Gasteiger partial charge in [-0.05, 0) is 39.0 Å². The predicted molar refractivity (Wildman–Crippen MR) is 94.6 cm³/mol. The first-order valence-electron chi connectivity index (χ1n) is 7.66. The fraction of sp³-hybridized carbons (Fsp3) is 0.176. The largest absolute Gasteiger partial charge is 0.478 e. The van der Waals surface area contributed by atoms with E-state index in [1.165, 1.54) is 4.88 Å². The van der Waals surface area contributed by atoms with Gasteiger partial charge in [-0.15, -0.1) is 21.5 Å². The molecule has 0 fully saturated rings. The molecule has 0 aliphatic carbocycles. The maximum absolute atomic E-state index is 11.6. The predicted octanol–water partition coefficient (Wildman–Crippen LogP) is 3.27. The minimum atomic E-state index is -0.992. The maximum Gasteiger partial charge on any atom is 0.337 e. The number of aromatic nitrogens is 5. The van der Waals surface area contributed by atoms with Gasteiger partial charge in [0.25, 0.3) is 0 Å². The van der Waals surface area contributed by atoms with E-state index in [2.05, 4.69) is 15.2 Å². The molecular weight excluding hydrogens is 338 g/mol. The third-order valence-corrected chi connectivity index (χ3v) is 5.08. The van der Waals surface area contributed by atoms with Gasteiger partial charge in [0.15, 0.2) is 5.65 Å². The molecule has 4 aromatic rings. The van der Waals surface area contributed by atoms with Crippen molar-refractivity contribution in [3.63, 3.8) is 0 Å². The van der Waals surface area contributed by atoms with E-state index < -0.39 is 5.97 Å². The molecule has 25 heavy (non-hydrogen) atoms. The molecule has 4 rings (SSSR count). The Morgan fingerprint density at radius 3 is 2.48 bits per heavy atom. The molecule has 0 aliphatic rings. The van der Waals surface area contributed by atoms with Crippen LogP contribution in [-0.2, 0) is 0 Å². The van der Waals surface area contributed by atoms with Gasteiger partial charge in [0, 0.05) is 11.1 Å². The second-order valence-corrected chi connectivity index (χ2v) is 7.08. The minimum Gasteiger partial charge on any atom is -0.478 e. The lowest BCUT2D eigenvalue weighted by Gasteiger charge is -2.10. The molecule has 0 amide bonds. The topological polar surface area (TPSA) is 85.3 Å². The van der Waals surface area contributed by atoms with Gasteiger partial charge >= 0.3 is 5.97 Å². The van der Waals surface area contributed by atoms with Crippen LogP contribution in [0.25, 0.3) is 21.9 Å². The van der Waals surface area contributed by atoms with Crippen molar-refractivity contribution in [2.45, 2.75) is 20.8 Å². The van der Waals surface area contributed by atoms with Crippen LogP contribution in [0.3, 0.4) is 0 Å². The zero-order chi connectivity index (χ0) is 17.7. The molecule has 7 nitrogen and oxygen atoms in total. The SMILES string of the molecule is Cc1ccc(-c2cnc3c(-n4c(C)nnc4C)cc(C(=O)O)cn23)s1. The Balaban J connectivity index is 2.07. The smallest absolute Gasteiger partial charge is 0.337 e. The summed E-state index contributed by atoms with van der Waals surface area (Å²) in [6.07, 6.45) is 3.37. The summed E-state index contributed by atoms with van der Waals surface area (Å²) in [6.45, 7) is 5.70. The zero-order valence-corrected chi connectivity index (χ0v) is 14.7. The van der Waals surface area contributed by atoms with Gasteiger partial charge in [0.05, 0.1) is 28.0 Å². The number of imidazole rings is 1. The highest BCUT2D eigenvalue weighted by Gasteiger charge is 2.18. The average Bonchev–Trinajstić information content (AvgIpc) is 3.25. The van der Waals surface area contributed by atoms with Crippen molar-refractivity contribution in [3.05, 3.63) is 52.7 Å². The summed E-state index contributed by atoms with van der Waals surface area (Å²) in [5, 5.41) is 17.7. The summed E-state index contributed by atoms with van der Waals surface area (Å²) in [5.74, 6) is 0.366. The van der Waals surface area contributed by atoms with Crippen molar-refractivity contribution in [2.24, 2.45) is 0 Å². The second kappa shape index (κ2) is 5.52. The molecule has 0 bridgehead atoms. The monoisotopic (exact) mass is 353 g/mol. The van der Waals surface area contributed by atoms with Crippen molar-refractivity contribution in [3.8, 4) is 16.3 Å². The van der Waals surface area contributed by atoms with Gasteiger partial charge in [0.2, 0.25) is 0 Å². The Hall–Kier alpha value is -3.00. The Labute approximate surface area is 147 Å². The minimum absolute atomic E-state index is 0.183. The van der Waals surface area contributed by atoms with Crippen molar-refractivity contribution < 1.29 is 9.90 Å². The summed E-state index contributed by atoms with van der Waals surface area (Å²) in [5.41, 5.74) is 2.36. The first-order chi connectivity index (χ1) is 12.0. The molecule has 4 heterocycles. The molecule has 0 saturated heterocycles. The number of thiophene rings is 1. The highest BCUT2D eigenvalue weighted by Crippen LogP contribution is 2.30. The number of carbonyl (C=O) groups is 1. The number of hydrogen-bond acceptors (Lipinski definition) is 5. The fourth-order valence-electron chi connectivity index (χ4n) is 2.92. The molecule has 0 aromatic carbocycles. The molecule has 8 heteroatoms. The molecule has 0 atom stereocenters. The zero-order valence-electron chi connectivity index (χ0n) is 13.9. The summed E-state index contributed by atoms with van der Waals surface area (Å²) in [7, 11) is 0. The van der Waals surface area contributed by atoms with E-state index in [-0.39, 0.29) is 5.56 Å². The van der Waals surface area contributed by atoms with Crippen molar-refractivity contribution in [2.75, 3.05) is 0 Å². The van der Waals surface area contributed by atoms with E-state index in [4.69, 9.17) is 0 Å². The molecule has 126 valence electrons. The third kappa shape index (κ3) is 2.42. The standard InChI is InChI=1S/C17H15N5O2S/c1-9-4-5-15(25-9)14-7-18-16-13(22-10(2)19-20-11(22)3)6-12(17(23)24)8-21(14)16/h4-8H,1-3H3,(H,23,24). The van der Waals surface area contributed by atoms with Crippen LogP contribution in [-0.4, -0.2) is 35.2 Å². The van der Waals surface area contributed by atoms with Crippen LogP contribution in [0.2, 0.25) is 0 Å². The van der Waals surface area contributed by atoms with E-state index in [1.807, 2.05) is 41.9 Å². The maximum atomic E-state index is 11.6. The van der Waals surface area contributed by atoms with Crippen LogP contribution in [0.1, 0.15) is 26.9 Å². The number of rotatable bonds is 3. The Morgan fingerprint density at radius 1 is 1.16 bits per heavy atom. The van der Waals surface area contributed by atoms with Crippen molar-refractivity contribution in [1.29, 1.82) is 0 Å². The van der Waals surface area contributed by atoms with Crippen molar-refractivity contribution >= 4 is 23.0 Å². The summed E-state index contributed by atoms with van der Waals surface area (Å²) in [6, 6.07) is 5.67. The van der Waals surface area contributed by atoms with Crippen LogP contribution in [0.15, 0.2) is 30.6 Å². The van der Waals surface area contributed by atoms with Crippen molar-refractivity contribution in [1.82, 2.24) is 24.1 Å². The highest BCUT2D eigenvalue weighted by molar-refractivity contribution is 7.15. The number of pyridine rings is 1. The van der Waals surface area contributed by atoms with E-state index in [9.17, 15) is 9.90 Å². The Morgan fingerprint density at radius 2 is 1.88 bits per heavy atom. The van der Waals surface area contributed by atoms with E-state index >= 15 is 0 Å². The van der Waals surface area contributed by atoms with Crippen LogP contribution >= 0.6 is 11.3 Å². The number of hydrogen-bond donors (Lipinski definition) is 1. The lowest BCUT2D eigenvalue weighted by molar-refractivity contribution is 0.0696. The number of carboxylic acid groups (broad SMARTS) is 1. The number of fused-ring (bicyclic) bond motifs is 1. The van der Waals surface area contributed by atoms with Gasteiger partial charge in [-0.25, -0.2) is 9.78 Å². The van der Waals surface area contributed by atoms with E-state index in [0.29, 0.717) is 23.0 Å². The summed E-state index contributed by atoms with van der Waals surface area (Å²) >= 11 is 1.64. The molecular formula is C17H15N5O2S. The molecule has 0 unspecified atom stereocenters. The molecule has 4 aromatic heterocycles. The first-order valence-corrected chi connectivity index (χ1v) is 8.47. The van der Waals surface area contributed by atoms with Crippen LogP contribution < -0.4 is 0 Å². The fourth-order valence-corrected chi connectivity index (χ4v) is 3.80. The molecule has 0 spiro atoms. The molecule has 0 aliphatic heterocycles. The molecule has 1 N–H and O–H groups in total. The number of aryl methyl sites for hydroxylation is 3. The molecule has 0 saturated carbocycles. The average molecular weight is 353 g/mol. The third-order valence-electron chi connectivity index (χ3n) is 4.05. The quantitative estimate of drug-likeness (QED) is 0.611. The van der Waals surface area contributed by atoms with E-state index in [1.54, 1.807) is 29.8 Å². The second-order valence-electron chi connectivity index (χ2n) is 5.80.